The summed E-state index contributed by atoms with van der Waals surface area (Å²) in [5.41, 5.74) is 6.87. The number of benzene rings is 1. The first-order chi connectivity index (χ1) is 9.29. The van der Waals surface area contributed by atoms with E-state index >= 15 is 0 Å². The van der Waals surface area contributed by atoms with E-state index in [4.69, 9.17) is 10.8 Å². The molecule has 5 nitrogen and oxygen atoms in total. The van der Waals surface area contributed by atoms with Gasteiger partial charge in [0.1, 0.15) is 0 Å². The summed E-state index contributed by atoms with van der Waals surface area (Å²) in [4.78, 5) is 14.6. The molecule has 1 amide bonds. The minimum Gasteiger partial charge on any atom is -0.399 e. The van der Waals surface area contributed by atoms with E-state index in [2.05, 4.69) is 4.98 Å². The molecule has 2 aromatic rings. The summed E-state index contributed by atoms with van der Waals surface area (Å²) in [5, 5.41) is 11.4. The molecule has 0 aliphatic heterocycles. The zero-order valence-corrected chi connectivity index (χ0v) is 10.2. The molecule has 8 heteroatoms. The van der Waals surface area contributed by atoms with Crippen molar-refractivity contribution >= 4 is 22.5 Å². The van der Waals surface area contributed by atoms with Crippen molar-refractivity contribution in [2.75, 3.05) is 12.3 Å². The fourth-order valence-corrected chi connectivity index (χ4v) is 1.73. The van der Waals surface area contributed by atoms with Crippen molar-refractivity contribution in [3.05, 3.63) is 30.0 Å². The molecule has 0 aliphatic rings. The summed E-state index contributed by atoms with van der Waals surface area (Å²) in [6, 6.07) is 4.78. The maximum absolute atomic E-state index is 12.1. The van der Waals surface area contributed by atoms with Gasteiger partial charge in [0, 0.05) is 22.8 Å². The van der Waals surface area contributed by atoms with Crippen LogP contribution < -0.4 is 11.1 Å². The normalized spacial score (nSPS) is 13.4. The number of nitrogens with one attached hydrogen (secondary N) is 2. The SMILES string of the molecule is Nc1ccc2c(C(=O)NCC(O)C(F)(F)F)c[nH]c2c1. The van der Waals surface area contributed by atoms with Crippen LogP contribution in [0.25, 0.3) is 10.9 Å². The number of hydrogen-bond donors (Lipinski definition) is 4. The van der Waals surface area contributed by atoms with Crippen LogP contribution in [0.15, 0.2) is 24.4 Å². The number of aliphatic hydroxyl groups excluding tert-OH is 1. The Morgan fingerprint density at radius 3 is 2.80 bits per heavy atom. The predicted molar refractivity (Wildman–Crippen MR) is 67.1 cm³/mol. The fraction of sp³-hybridized carbons (Fsp3) is 0.250. The summed E-state index contributed by atoms with van der Waals surface area (Å²) >= 11 is 0. The Morgan fingerprint density at radius 1 is 1.45 bits per heavy atom. The maximum Gasteiger partial charge on any atom is 0.416 e. The third-order valence-corrected chi connectivity index (χ3v) is 2.78. The highest BCUT2D eigenvalue weighted by molar-refractivity contribution is 6.07. The topological polar surface area (TPSA) is 91.1 Å². The Balaban J connectivity index is 2.12. The van der Waals surface area contributed by atoms with E-state index in [1.54, 1.807) is 18.2 Å². The van der Waals surface area contributed by atoms with E-state index < -0.39 is 24.7 Å². The van der Waals surface area contributed by atoms with Gasteiger partial charge in [-0.15, -0.1) is 0 Å². The number of halogens is 3. The number of alkyl halides is 3. The van der Waals surface area contributed by atoms with Crippen LogP contribution in [0.4, 0.5) is 18.9 Å². The van der Waals surface area contributed by atoms with Gasteiger partial charge in [-0.3, -0.25) is 4.79 Å². The molecule has 1 aromatic carbocycles. The lowest BCUT2D eigenvalue weighted by Gasteiger charge is -2.14. The largest absolute Gasteiger partial charge is 0.416 e. The minimum atomic E-state index is -4.76. The molecule has 5 N–H and O–H groups in total. The smallest absolute Gasteiger partial charge is 0.399 e. The first-order valence-electron chi connectivity index (χ1n) is 5.68. The molecule has 108 valence electrons. The van der Waals surface area contributed by atoms with Crippen molar-refractivity contribution in [1.82, 2.24) is 10.3 Å². The van der Waals surface area contributed by atoms with Gasteiger partial charge in [-0.05, 0) is 18.2 Å². The molecule has 0 bridgehead atoms. The molecule has 1 atom stereocenters. The second-order valence-corrected chi connectivity index (χ2v) is 4.27. The number of aliphatic hydroxyl groups is 1. The number of carbonyl (C=O) groups excluding carboxylic acids is 1. The molecular weight excluding hydrogens is 275 g/mol. The van der Waals surface area contributed by atoms with Crippen molar-refractivity contribution in [3.8, 4) is 0 Å². The number of H-pyrrole nitrogens is 1. The minimum absolute atomic E-state index is 0.189. The van der Waals surface area contributed by atoms with Gasteiger partial charge in [0.2, 0.25) is 0 Å². The Labute approximate surface area is 111 Å². The highest BCUT2D eigenvalue weighted by Crippen LogP contribution is 2.21. The Kier molecular flexibility index (Phi) is 3.58. The number of aromatic amines is 1. The lowest BCUT2D eigenvalue weighted by Crippen LogP contribution is -2.40. The summed E-state index contributed by atoms with van der Waals surface area (Å²) in [7, 11) is 0. The average molecular weight is 287 g/mol. The van der Waals surface area contributed by atoms with Gasteiger partial charge in [0.15, 0.2) is 6.10 Å². The van der Waals surface area contributed by atoms with Gasteiger partial charge in [0.05, 0.1) is 12.1 Å². The van der Waals surface area contributed by atoms with E-state index in [1.807, 2.05) is 5.32 Å². The van der Waals surface area contributed by atoms with Crippen LogP contribution in [0, 0.1) is 0 Å². The number of carbonyl (C=O) groups is 1. The van der Waals surface area contributed by atoms with Gasteiger partial charge >= 0.3 is 6.18 Å². The second kappa shape index (κ2) is 5.04. The third-order valence-electron chi connectivity index (χ3n) is 2.78. The number of hydrogen-bond acceptors (Lipinski definition) is 3. The van der Waals surface area contributed by atoms with Crippen LogP contribution >= 0.6 is 0 Å². The van der Waals surface area contributed by atoms with E-state index in [0.29, 0.717) is 16.6 Å². The quantitative estimate of drug-likeness (QED) is 0.643. The van der Waals surface area contributed by atoms with E-state index in [0.717, 1.165) is 0 Å². The molecule has 0 radical (unpaired) electrons. The summed E-state index contributed by atoms with van der Waals surface area (Å²) in [6.07, 6.45) is -5.98. The Bertz CT molecular complexity index is 636. The molecule has 0 spiro atoms. The van der Waals surface area contributed by atoms with Crippen molar-refractivity contribution in [1.29, 1.82) is 0 Å². The summed E-state index contributed by atoms with van der Waals surface area (Å²) < 4.78 is 36.4. The third kappa shape index (κ3) is 2.85. The first-order valence-corrected chi connectivity index (χ1v) is 5.68. The molecule has 2 rings (SSSR count). The number of anilines is 1. The standard InChI is InChI=1S/C12H12F3N3O2/c13-12(14,15)10(19)5-18-11(20)8-4-17-9-3-6(16)1-2-7(8)9/h1-4,10,17,19H,5,16H2,(H,18,20). The lowest BCUT2D eigenvalue weighted by molar-refractivity contribution is -0.201. The highest BCUT2D eigenvalue weighted by Gasteiger charge is 2.38. The summed E-state index contributed by atoms with van der Waals surface area (Å²) in [6.45, 7) is -0.899. The van der Waals surface area contributed by atoms with Crippen molar-refractivity contribution in [2.24, 2.45) is 0 Å². The van der Waals surface area contributed by atoms with Gasteiger partial charge < -0.3 is 21.1 Å². The van der Waals surface area contributed by atoms with E-state index in [-0.39, 0.29) is 5.56 Å². The zero-order chi connectivity index (χ0) is 14.9. The zero-order valence-electron chi connectivity index (χ0n) is 10.2. The maximum atomic E-state index is 12.1. The molecule has 0 fully saturated rings. The number of nitrogen functional groups attached to an aromatic ring is 1. The molecule has 0 saturated carbocycles. The van der Waals surface area contributed by atoms with E-state index in [9.17, 15) is 18.0 Å². The first kappa shape index (κ1) is 14.2. The number of amides is 1. The number of fused-ring (bicyclic) bond motifs is 1. The fourth-order valence-electron chi connectivity index (χ4n) is 1.73. The molecule has 0 saturated heterocycles. The van der Waals surface area contributed by atoms with Crippen molar-refractivity contribution in [3.63, 3.8) is 0 Å². The molecule has 1 aromatic heterocycles. The van der Waals surface area contributed by atoms with Crippen LogP contribution in [-0.2, 0) is 0 Å². The van der Waals surface area contributed by atoms with Crippen molar-refractivity contribution in [2.45, 2.75) is 12.3 Å². The van der Waals surface area contributed by atoms with Crippen LogP contribution in [-0.4, -0.2) is 34.8 Å². The van der Waals surface area contributed by atoms with Crippen molar-refractivity contribution < 1.29 is 23.1 Å². The predicted octanol–water partition coefficient (Wildman–Crippen LogP) is 1.40. The monoisotopic (exact) mass is 287 g/mol. The molecule has 20 heavy (non-hydrogen) atoms. The van der Waals surface area contributed by atoms with Crippen LogP contribution in [0.5, 0.6) is 0 Å². The molecule has 1 unspecified atom stereocenters. The van der Waals surface area contributed by atoms with Crippen LogP contribution in [0.2, 0.25) is 0 Å². The van der Waals surface area contributed by atoms with Crippen LogP contribution in [0.3, 0.4) is 0 Å². The number of aromatic nitrogens is 1. The molecule has 0 aliphatic carbocycles. The number of rotatable bonds is 3. The van der Waals surface area contributed by atoms with Gasteiger partial charge in [-0.1, -0.05) is 0 Å². The molecular formula is C12H12F3N3O2. The average Bonchev–Trinajstić information content (AvgIpc) is 2.77. The summed E-state index contributed by atoms with van der Waals surface area (Å²) in [5.74, 6) is -0.704. The Hall–Kier alpha value is -2.22. The second-order valence-electron chi connectivity index (χ2n) is 4.27. The van der Waals surface area contributed by atoms with Gasteiger partial charge in [-0.2, -0.15) is 13.2 Å². The van der Waals surface area contributed by atoms with Gasteiger partial charge in [0.25, 0.3) is 5.91 Å². The molecule has 1 heterocycles. The Morgan fingerprint density at radius 2 is 2.15 bits per heavy atom. The highest BCUT2D eigenvalue weighted by atomic mass is 19.4. The van der Waals surface area contributed by atoms with Crippen LogP contribution in [0.1, 0.15) is 10.4 Å². The lowest BCUT2D eigenvalue weighted by atomic mass is 10.1. The van der Waals surface area contributed by atoms with E-state index in [1.165, 1.54) is 6.20 Å². The number of nitrogens with two attached hydrogens (primary N) is 1. The van der Waals surface area contributed by atoms with Gasteiger partial charge in [-0.25, -0.2) is 0 Å².